The fourth-order valence-electron chi connectivity index (χ4n) is 1.24. The van der Waals surface area contributed by atoms with Gasteiger partial charge in [0.2, 0.25) is 0 Å². The second kappa shape index (κ2) is 4.86. The second-order valence-electron chi connectivity index (χ2n) is 4.14. The highest BCUT2D eigenvalue weighted by Gasteiger charge is 2.26. The third-order valence-electron chi connectivity index (χ3n) is 2.30. The first kappa shape index (κ1) is 11.6. The Balaban J connectivity index is 2.45. The van der Waals surface area contributed by atoms with Crippen LogP contribution in [-0.2, 0) is 0 Å². The molecule has 5 N–H and O–H groups in total. The van der Waals surface area contributed by atoms with E-state index in [1.54, 1.807) is 0 Å². The molecule has 0 radical (unpaired) electrons. The monoisotopic (exact) mass is 214 g/mol. The molecule has 0 aromatic heterocycles. The van der Waals surface area contributed by atoms with Gasteiger partial charge in [0.15, 0.2) is 5.84 Å². The molecule has 0 heterocycles. The highest BCUT2D eigenvalue weighted by atomic mass is 16.4. The largest absolute Gasteiger partial charge is 0.409 e. The van der Waals surface area contributed by atoms with Crippen molar-refractivity contribution in [3.8, 4) is 0 Å². The summed E-state index contributed by atoms with van der Waals surface area (Å²) in [5.74, 6) is 0.0989. The summed E-state index contributed by atoms with van der Waals surface area (Å²) in [5.41, 5.74) is 5.47. The van der Waals surface area contributed by atoms with Gasteiger partial charge in [0.25, 0.3) is 0 Å². The third-order valence-corrected chi connectivity index (χ3v) is 2.30. The minimum absolute atomic E-state index is 0.0240. The van der Waals surface area contributed by atoms with Crippen LogP contribution < -0.4 is 16.4 Å². The summed E-state index contributed by atoms with van der Waals surface area (Å²) < 4.78 is 0. The van der Waals surface area contributed by atoms with E-state index in [0.717, 1.165) is 12.8 Å². The number of hydrogen-bond donors (Lipinski definition) is 4. The summed E-state index contributed by atoms with van der Waals surface area (Å²) in [4.78, 5) is 11.4. The first-order valence-corrected chi connectivity index (χ1v) is 5.09. The van der Waals surface area contributed by atoms with Crippen LogP contribution in [-0.4, -0.2) is 29.2 Å². The number of carbonyl (C=O) groups excluding carboxylic acids is 1. The van der Waals surface area contributed by atoms with Crippen molar-refractivity contribution < 1.29 is 10.0 Å². The van der Waals surface area contributed by atoms with Crippen LogP contribution in [0.3, 0.4) is 0 Å². The number of urea groups is 1. The van der Waals surface area contributed by atoms with Crippen molar-refractivity contribution in [2.75, 3.05) is 0 Å². The van der Waals surface area contributed by atoms with Crippen LogP contribution in [0.2, 0.25) is 0 Å². The van der Waals surface area contributed by atoms with Crippen molar-refractivity contribution in [1.82, 2.24) is 10.6 Å². The molecule has 0 spiro atoms. The number of nitrogens with one attached hydrogen (secondary N) is 2. The Bertz CT molecular complexity index is 261. The van der Waals surface area contributed by atoms with Gasteiger partial charge < -0.3 is 21.6 Å². The van der Waals surface area contributed by atoms with E-state index >= 15 is 0 Å². The first-order valence-electron chi connectivity index (χ1n) is 5.09. The summed E-state index contributed by atoms with van der Waals surface area (Å²) >= 11 is 0. The van der Waals surface area contributed by atoms with Crippen LogP contribution in [0.15, 0.2) is 5.16 Å². The summed E-state index contributed by atoms with van der Waals surface area (Å²) in [5, 5.41) is 16.9. The number of oxime groups is 1. The molecule has 1 saturated carbocycles. The molecule has 0 aromatic rings. The third kappa shape index (κ3) is 3.65. The van der Waals surface area contributed by atoms with Crippen molar-refractivity contribution >= 4 is 11.9 Å². The number of amidine groups is 1. The molecule has 6 nitrogen and oxygen atoms in total. The Morgan fingerprint density at radius 2 is 2.13 bits per heavy atom. The molecule has 0 saturated heterocycles. The van der Waals surface area contributed by atoms with Crippen molar-refractivity contribution in [3.05, 3.63) is 0 Å². The first-order chi connectivity index (χ1) is 7.04. The lowest BCUT2D eigenvalue weighted by Crippen LogP contribution is -2.51. The van der Waals surface area contributed by atoms with E-state index in [9.17, 15) is 4.79 Å². The Kier molecular flexibility index (Phi) is 3.76. The van der Waals surface area contributed by atoms with Crippen LogP contribution in [0.4, 0.5) is 4.79 Å². The van der Waals surface area contributed by atoms with E-state index in [4.69, 9.17) is 10.9 Å². The van der Waals surface area contributed by atoms with Crippen LogP contribution in [0.25, 0.3) is 0 Å². The van der Waals surface area contributed by atoms with Gasteiger partial charge in [-0.15, -0.1) is 0 Å². The summed E-state index contributed by atoms with van der Waals surface area (Å²) in [6.07, 6.45) is 2.06. The maximum atomic E-state index is 11.4. The van der Waals surface area contributed by atoms with E-state index < -0.39 is 6.04 Å². The van der Waals surface area contributed by atoms with Crippen molar-refractivity contribution in [2.45, 2.75) is 38.8 Å². The Hall–Kier alpha value is -1.46. The summed E-state index contributed by atoms with van der Waals surface area (Å²) in [6.45, 7) is 3.78. The smallest absolute Gasteiger partial charge is 0.315 e. The molecule has 1 aliphatic rings. The van der Waals surface area contributed by atoms with Crippen LogP contribution in [0.1, 0.15) is 26.7 Å². The molecule has 15 heavy (non-hydrogen) atoms. The number of nitrogens with two attached hydrogens (primary N) is 1. The van der Waals surface area contributed by atoms with E-state index in [1.807, 2.05) is 13.8 Å². The van der Waals surface area contributed by atoms with Crippen LogP contribution in [0.5, 0.6) is 0 Å². The van der Waals surface area contributed by atoms with Crippen LogP contribution in [0, 0.1) is 5.92 Å². The minimum Gasteiger partial charge on any atom is -0.409 e. The van der Waals surface area contributed by atoms with Gasteiger partial charge >= 0.3 is 6.03 Å². The van der Waals surface area contributed by atoms with Gasteiger partial charge in [-0.25, -0.2) is 4.79 Å². The average Bonchev–Trinajstić information content (AvgIpc) is 2.96. The molecule has 1 aliphatic carbocycles. The highest BCUT2D eigenvalue weighted by Crippen LogP contribution is 2.18. The van der Waals surface area contributed by atoms with Gasteiger partial charge in [-0.1, -0.05) is 19.0 Å². The minimum atomic E-state index is -0.436. The molecule has 1 atom stereocenters. The fourth-order valence-corrected chi connectivity index (χ4v) is 1.24. The molecule has 0 bridgehead atoms. The van der Waals surface area contributed by atoms with Crippen molar-refractivity contribution in [2.24, 2.45) is 16.8 Å². The lowest BCUT2D eigenvalue weighted by atomic mass is 10.0. The molecule has 6 heteroatoms. The molecule has 0 aliphatic heterocycles. The van der Waals surface area contributed by atoms with E-state index in [1.165, 1.54) is 0 Å². The van der Waals surface area contributed by atoms with Crippen molar-refractivity contribution in [3.63, 3.8) is 0 Å². The molecule has 1 unspecified atom stereocenters. The van der Waals surface area contributed by atoms with Gasteiger partial charge in [-0.3, -0.25) is 0 Å². The second-order valence-corrected chi connectivity index (χ2v) is 4.14. The number of amides is 2. The number of hydrogen-bond acceptors (Lipinski definition) is 3. The fraction of sp³-hybridized carbons (Fsp3) is 0.778. The maximum Gasteiger partial charge on any atom is 0.315 e. The molecule has 1 fully saturated rings. The van der Waals surface area contributed by atoms with Gasteiger partial charge in [0, 0.05) is 6.04 Å². The van der Waals surface area contributed by atoms with E-state index in [2.05, 4.69) is 15.8 Å². The molecule has 0 aromatic carbocycles. The van der Waals surface area contributed by atoms with Gasteiger partial charge in [-0.05, 0) is 18.8 Å². The Morgan fingerprint density at radius 1 is 1.53 bits per heavy atom. The molecule has 86 valence electrons. The zero-order valence-corrected chi connectivity index (χ0v) is 9.03. The lowest BCUT2D eigenvalue weighted by molar-refractivity contribution is 0.236. The topological polar surface area (TPSA) is 99.7 Å². The predicted octanol–water partition coefficient (Wildman–Crippen LogP) is 0.219. The molecule has 1 rings (SSSR count). The van der Waals surface area contributed by atoms with Crippen molar-refractivity contribution in [1.29, 1.82) is 0 Å². The summed E-state index contributed by atoms with van der Waals surface area (Å²) in [6, 6.07) is -0.401. The zero-order valence-electron chi connectivity index (χ0n) is 9.03. The lowest BCUT2D eigenvalue weighted by Gasteiger charge is -2.20. The molecule has 2 amide bonds. The van der Waals surface area contributed by atoms with E-state index in [0.29, 0.717) is 6.04 Å². The number of carbonyl (C=O) groups is 1. The van der Waals surface area contributed by atoms with Crippen LogP contribution >= 0.6 is 0 Å². The summed E-state index contributed by atoms with van der Waals surface area (Å²) in [7, 11) is 0. The normalized spacial score (nSPS) is 18.7. The SMILES string of the molecule is CC(C)C(NC(=O)NC1CC1)C(N)=NO. The molecular weight excluding hydrogens is 196 g/mol. The van der Waals surface area contributed by atoms with Gasteiger partial charge in [-0.2, -0.15) is 0 Å². The van der Waals surface area contributed by atoms with E-state index in [-0.39, 0.29) is 17.8 Å². The predicted molar refractivity (Wildman–Crippen MR) is 56.7 cm³/mol. The highest BCUT2D eigenvalue weighted by molar-refractivity contribution is 5.89. The standard InChI is InChI=1S/C9H18N4O2/c1-5(2)7(8(10)13-15)12-9(14)11-6-3-4-6/h5-7,15H,3-4H2,1-2H3,(H2,10,13)(H2,11,12,14). The average molecular weight is 214 g/mol. The number of rotatable bonds is 4. The zero-order chi connectivity index (χ0) is 11.4. The maximum absolute atomic E-state index is 11.4. The Labute approximate surface area is 88.9 Å². The number of nitrogens with zero attached hydrogens (tertiary/aromatic N) is 1. The molecular formula is C9H18N4O2. The van der Waals surface area contributed by atoms with Gasteiger partial charge in [0.1, 0.15) is 0 Å². The Morgan fingerprint density at radius 3 is 2.53 bits per heavy atom. The van der Waals surface area contributed by atoms with Gasteiger partial charge in [0.05, 0.1) is 6.04 Å². The quantitative estimate of drug-likeness (QED) is 0.233.